The van der Waals surface area contributed by atoms with E-state index in [9.17, 15) is 4.79 Å². The Bertz CT molecular complexity index is 482. The highest BCUT2D eigenvalue weighted by molar-refractivity contribution is 5.91. The van der Waals surface area contributed by atoms with E-state index in [1.165, 1.54) is 0 Å². The quantitative estimate of drug-likeness (QED) is 0.594. The van der Waals surface area contributed by atoms with Gasteiger partial charge in [0.2, 0.25) is 5.91 Å². The number of hydrogen-bond donors (Lipinski definition) is 0. The third-order valence-corrected chi connectivity index (χ3v) is 3.10. The number of terminal acetylenes is 1. The lowest BCUT2D eigenvalue weighted by atomic mass is 10.2. The number of aromatic nitrogens is 1. The zero-order valence-corrected chi connectivity index (χ0v) is 10.8. The Labute approximate surface area is 113 Å². The van der Waals surface area contributed by atoms with E-state index in [0.29, 0.717) is 6.54 Å². The summed E-state index contributed by atoms with van der Waals surface area (Å²) < 4.78 is 0. The average molecular weight is 255 g/mol. The topological polar surface area (TPSA) is 36.4 Å². The lowest BCUT2D eigenvalue weighted by Crippen LogP contribution is -2.48. The molecule has 4 heteroatoms. The van der Waals surface area contributed by atoms with Crippen molar-refractivity contribution in [2.24, 2.45) is 0 Å². The van der Waals surface area contributed by atoms with Crippen molar-refractivity contribution in [1.82, 2.24) is 14.8 Å². The molecule has 1 amide bonds. The first kappa shape index (κ1) is 13.3. The average Bonchev–Trinajstić information content (AvgIpc) is 2.47. The van der Waals surface area contributed by atoms with Crippen LogP contribution < -0.4 is 0 Å². The highest BCUT2D eigenvalue weighted by Gasteiger charge is 2.18. The number of rotatable bonds is 3. The second kappa shape index (κ2) is 6.72. The van der Waals surface area contributed by atoms with Crippen LogP contribution in [0.25, 0.3) is 6.08 Å². The van der Waals surface area contributed by atoms with Crippen LogP contribution >= 0.6 is 0 Å². The summed E-state index contributed by atoms with van der Waals surface area (Å²) >= 11 is 0. The first-order valence-corrected chi connectivity index (χ1v) is 6.32. The van der Waals surface area contributed by atoms with Gasteiger partial charge in [-0.05, 0) is 17.7 Å². The summed E-state index contributed by atoms with van der Waals surface area (Å²) in [4.78, 5) is 20.0. The first-order chi connectivity index (χ1) is 9.29. The predicted molar refractivity (Wildman–Crippen MR) is 75.1 cm³/mol. The number of carbonyl (C=O) groups is 1. The lowest BCUT2D eigenvalue weighted by Gasteiger charge is -2.33. The van der Waals surface area contributed by atoms with Gasteiger partial charge in [-0.25, -0.2) is 0 Å². The molecule has 0 saturated carbocycles. The molecule has 1 aromatic rings. The largest absolute Gasteiger partial charge is 0.337 e. The Hall–Kier alpha value is -2.12. The van der Waals surface area contributed by atoms with Gasteiger partial charge in [0.25, 0.3) is 0 Å². The van der Waals surface area contributed by atoms with Crippen molar-refractivity contribution in [1.29, 1.82) is 0 Å². The highest BCUT2D eigenvalue weighted by atomic mass is 16.2. The van der Waals surface area contributed by atoms with Crippen LogP contribution in [0, 0.1) is 12.3 Å². The summed E-state index contributed by atoms with van der Waals surface area (Å²) in [5.41, 5.74) is 0.932. The molecular weight excluding hydrogens is 238 g/mol. The second-order valence-corrected chi connectivity index (χ2v) is 4.43. The van der Waals surface area contributed by atoms with Gasteiger partial charge in [-0.1, -0.05) is 12.0 Å². The SMILES string of the molecule is C#CCN1CCN(C(=O)/C=C/c2cccnc2)CC1. The van der Waals surface area contributed by atoms with Crippen LogP contribution in [-0.4, -0.2) is 53.4 Å². The fourth-order valence-electron chi connectivity index (χ4n) is 2.00. The molecule has 4 nitrogen and oxygen atoms in total. The predicted octanol–water partition coefficient (Wildman–Crippen LogP) is 0.872. The van der Waals surface area contributed by atoms with E-state index in [1.54, 1.807) is 24.5 Å². The van der Waals surface area contributed by atoms with Gasteiger partial charge in [0, 0.05) is 44.6 Å². The molecule has 0 radical (unpaired) electrons. The molecule has 0 spiro atoms. The van der Waals surface area contributed by atoms with Crippen LogP contribution in [0.3, 0.4) is 0 Å². The maximum absolute atomic E-state index is 12.0. The minimum Gasteiger partial charge on any atom is -0.337 e. The van der Waals surface area contributed by atoms with Crippen molar-refractivity contribution < 1.29 is 4.79 Å². The Morgan fingerprint density at radius 2 is 2.21 bits per heavy atom. The summed E-state index contributed by atoms with van der Waals surface area (Å²) in [5.74, 6) is 2.68. The summed E-state index contributed by atoms with van der Waals surface area (Å²) in [6, 6.07) is 3.77. The molecule has 1 aliphatic heterocycles. The van der Waals surface area contributed by atoms with Gasteiger partial charge in [-0.2, -0.15) is 0 Å². The molecule has 0 aliphatic carbocycles. The molecular formula is C15H17N3O. The van der Waals surface area contributed by atoms with E-state index < -0.39 is 0 Å². The molecule has 0 atom stereocenters. The summed E-state index contributed by atoms with van der Waals surface area (Å²) in [7, 11) is 0. The Morgan fingerprint density at radius 3 is 2.84 bits per heavy atom. The molecule has 0 unspecified atom stereocenters. The van der Waals surface area contributed by atoms with Crippen molar-refractivity contribution in [3.63, 3.8) is 0 Å². The number of hydrogen-bond acceptors (Lipinski definition) is 3. The first-order valence-electron chi connectivity index (χ1n) is 6.32. The van der Waals surface area contributed by atoms with Crippen molar-refractivity contribution in [3.8, 4) is 12.3 Å². The van der Waals surface area contributed by atoms with Crippen molar-refractivity contribution in [2.75, 3.05) is 32.7 Å². The summed E-state index contributed by atoms with van der Waals surface area (Å²) in [5, 5.41) is 0. The van der Waals surface area contributed by atoms with Gasteiger partial charge in [0.05, 0.1) is 6.54 Å². The number of piperazine rings is 1. The second-order valence-electron chi connectivity index (χ2n) is 4.43. The van der Waals surface area contributed by atoms with Crippen LogP contribution in [0.1, 0.15) is 5.56 Å². The van der Waals surface area contributed by atoms with Crippen LogP contribution in [-0.2, 0) is 4.79 Å². The van der Waals surface area contributed by atoms with E-state index in [-0.39, 0.29) is 5.91 Å². The van der Waals surface area contributed by atoms with E-state index in [1.807, 2.05) is 17.0 Å². The van der Waals surface area contributed by atoms with Gasteiger partial charge in [-0.15, -0.1) is 6.42 Å². The fourth-order valence-corrected chi connectivity index (χ4v) is 2.00. The smallest absolute Gasteiger partial charge is 0.246 e. The minimum atomic E-state index is 0.0456. The standard InChI is InChI=1S/C15H17N3O/c1-2-8-17-9-11-18(12-10-17)15(19)6-5-14-4-3-7-16-13-14/h1,3-7,13H,8-12H2/b6-5+. The summed E-state index contributed by atoms with van der Waals surface area (Å²) in [6.07, 6.45) is 12.1. The third kappa shape index (κ3) is 3.94. The number of pyridine rings is 1. The maximum atomic E-state index is 12.0. The zero-order valence-electron chi connectivity index (χ0n) is 10.8. The van der Waals surface area contributed by atoms with E-state index in [4.69, 9.17) is 6.42 Å². The highest BCUT2D eigenvalue weighted by Crippen LogP contribution is 2.04. The van der Waals surface area contributed by atoms with E-state index in [2.05, 4.69) is 15.8 Å². The van der Waals surface area contributed by atoms with Crippen LogP contribution in [0.5, 0.6) is 0 Å². The zero-order chi connectivity index (χ0) is 13.5. The van der Waals surface area contributed by atoms with Crippen LogP contribution in [0.15, 0.2) is 30.6 Å². The number of nitrogens with zero attached hydrogens (tertiary/aromatic N) is 3. The molecule has 2 heterocycles. The Balaban J connectivity index is 1.85. The van der Waals surface area contributed by atoms with Crippen LogP contribution in [0.4, 0.5) is 0 Å². The van der Waals surface area contributed by atoms with Crippen molar-refractivity contribution in [2.45, 2.75) is 0 Å². The molecule has 0 bridgehead atoms. The van der Waals surface area contributed by atoms with Crippen molar-refractivity contribution >= 4 is 12.0 Å². The van der Waals surface area contributed by atoms with Crippen molar-refractivity contribution in [3.05, 3.63) is 36.2 Å². The maximum Gasteiger partial charge on any atom is 0.246 e. The number of amides is 1. The Kier molecular flexibility index (Phi) is 4.71. The molecule has 1 saturated heterocycles. The number of carbonyl (C=O) groups excluding carboxylic acids is 1. The van der Waals surface area contributed by atoms with E-state index >= 15 is 0 Å². The van der Waals surface area contributed by atoms with Gasteiger partial charge >= 0.3 is 0 Å². The van der Waals surface area contributed by atoms with Gasteiger partial charge in [0.15, 0.2) is 0 Å². The molecule has 0 N–H and O–H groups in total. The summed E-state index contributed by atoms with van der Waals surface area (Å²) in [6.45, 7) is 3.82. The molecule has 19 heavy (non-hydrogen) atoms. The lowest BCUT2D eigenvalue weighted by molar-refractivity contribution is -0.127. The normalized spacial score (nSPS) is 16.5. The van der Waals surface area contributed by atoms with E-state index in [0.717, 1.165) is 31.7 Å². The van der Waals surface area contributed by atoms with Gasteiger partial charge < -0.3 is 4.90 Å². The van der Waals surface area contributed by atoms with Crippen LogP contribution in [0.2, 0.25) is 0 Å². The van der Waals surface area contributed by atoms with Gasteiger partial charge in [0.1, 0.15) is 0 Å². The molecule has 0 aromatic carbocycles. The molecule has 1 aromatic heterocycles. The molecule has 1 aliphatic rings. The fraction of sp³-hybridized carbons (Fsp3) is 0.333. The Morgan fingerprint density at radius 1 is 1.42 bits per heavy atom. The minimum absolute atomic E-state index is 0.0456. The monoisotopic (exact) mass is 255 g/mol. The third-order valence-electron chi connectivity index (χ3n) is 3.10. The molecule has 98 valence electrons. The molecule has 2 rings (SSSR count). The van der Waals surface area contributed by atoms with Gasteiger partial charge in [-0.3, -0.25) is 14.7 Å². The molecule has 1 fully saturated rings.